The molecule has 2 aromatic carbocycles. The smallest absolute Gasteiger partial charge is 0.124 e. The predicted molar refractivity (Wildman–Crippen MR) is 135 cm³/mol. The second-order valence-corrected chi connectivity index (χ2v) is 9.04. The largest absolute Gasteiger partial charge is 0.350 e. The summed E-state index contributed by atoms with van der Waals surface area (Å²) in [6, 6.07) is 8.37. The lowest BCUT2D eigenvalue weighted by Crippen LogP contribution is -2.26. The fourth-order valence-electron chi connectivity index (χ4n) is 5.16. The lowest BCUT2D eigenvalue weighted by molar-refractivity contribution is 0.642. The quantitative estimate of drug-likeness (QED) is 0.366. The maximum atomic E-state index is 14.9. The second kappa shape index (κ2) is 8.28. The molecule has 0 aliphatic carbocycles. The molecule has 0 spiro atoms. The van der Waals surface area contributed by atoms with Gasteiger partial charge in [-0.1, -0.05) is 50.2 Å². The lowest BCUT2D eigenvalue weighted by Gasteiger charge is -2.36. The third-order valence-electron chi connectivity index (χ3n) is 6.54. The van der Waals surface area contributed by atoms with Crippen molar-refractivity contribution in [1.29, 1.82) is 0 Å². The van der Waals surface area contributed by atoms with E-state index in [1.54, 1.807) is 0 Å². The Balaban J connectivity index is 2.21. The van der Waals surface area contributed by atoms with E-state index < -0.39 is 11.7 Å². The summed E-state index contributed by atoms with van der Waals surface area (Å²) in [6.07, 6.45) is 4.84. The van der Waals surface area contributed by atoms with E-state index in [9.17, 15) is 8.78 Å². The number of hydrogen-bond donors (Lipinski definition) is 0. The number of benzene rings is 2. The summed E-state index contributed by atoms with van der Waals surface area (Å²) in [7, 11) is 2.04. The van der Waals surface area contributed by atoms with Crippen molar-refractivity contribution < 1.29 is 8.78 Å². The molecule has 0 fully saturated rings. The average Bonchev–Trinajstić information content (AvgIpc) is 3.15. The Hall–Kier alpha value is -2.79. The summed E-state index contributed by atoms with van der Waals surface area (Å²) in [5.74, 6) is -1.25. The van der Waals surface area contributed by atoms with Crippen LogP contribution < -0.4 is 4.31 Å². The summed E-state index contributed by atoms with van der Waals surface area (Å²) >= 11 is 1.51. The van der Waals surface area contributed by atoms with E-state index in [0.717, 1.165) is 45.3 Å². The number of nitrogens with zero attached hydrogens (tertiary/aromatic N) is 2. The molecule has 0 bridgehead atoms. The first-order valence-electron chi connectivity index (χ1n) is 10.7. The van der Waals surface area contributed by atoms with Gasteiger partial charge < -0.3 is 8.87 Å². The number of rotatable bonds is 5. The summed E-state index contributed by atoms with van der Waals surface area (Å²) in [4.78, 5) is 0. The van der Waals surface area contributed by atoms with E-state index in [0.29, 0.717) is 5.56 Å². The molecule has 0 N–H and O–H groups in total. The number of allylic oxidation sites excluding steroid dienone is 2. The van der Waals surface area contributed by atoms with Gasteiger partial charge in [0, 0.05) is 47.2 Å². The fourth-order valence-corrected chi connectivity index (χ4v) is 5.83. The van der Waals surface area contributed by atoms with Crippen LogP contribution in [0.3, 0.4) is 0 Å². The maximum absolute atomic E-state index is 14.9. The summed E-state index contributed by atoms with van der Waals surface area (Å²) < 4.78 is 33.6. The van der Waals surface area contributed by atoms with Gasteiger partial charge in [0.2, 0.25) is 0 Å². The highest BCUT2D eigenvalue weighted by molar-refractivity contribution is 8.00. The third-order valence-corrected chi connectivity index (χ3v) is 7.29. The van der Waals surface area contributed by atoms with Gasteiger partial charge in [-0.3, -0.25) is 0 Å². The molecule has 1 aromatic heterocycles. The van der Waals surface area contributed by atoms with Crippen LogP contribution in [0.1, 0.15) is 29.2 Å². The zero-order chi connectivity index (χ0) is 23.3. The van der Waals surface area contributed by atoms with Gasteiger partial charge in [0.1, 0.15) is 11.7 Å². The predicted octanol–water partition coefficient (Wildman–Crippen LogP) is 7.84. The van der Waals surface area contributed by atoms with Crippen molar-refractivity contribution in [1.82, 2.24) is 4.57 Å². The molecule has 166 valence electrons. The van der Waals surface area contributed by atoms with Gasteiger partial charge >= 0.3 is 0 Å². The van der Waals surface area contributed by atoms with Gasteiger partial charge in [0.05, 0.1) is 17.7 Å². The van der Waals surface area contributed by atoms with Crippen molar-refractivity contribution in [2.45, 2.75) is 27.2 Å². The van der Waals surface area contributed by atoms with Crippen LogP contribution in [0.4, 0.5) is 14.5 Å². The van der Waals surface area contributed by atoms with Crippen LogP contribution in [0.2, 0.25) is 0 Å². The molecule has 0 radical (unpaired) electrons. The van der Waals surface area contributed by atoms with Gasteiger partial charge in [-0.05, 0) is 48.6 Å². The first kappa shape index (κ1) is 22.4. The SMILES string of the molecule is C=C(F)C1=C(C(=C)F)c2c(C)c(-c3cccc4ccn(C)c34)c(CC)c(C)c2N(SC)C1. The van der Waals surface area contributed by atoms with Crippen molar-refractivity contribution in [3.05, 3.63) is 83.1 Å². The number of fused-ring (bicyclic) bond motifs is 2. The molecule has 1 aliphatic heterocycles. The van der Waals surface area contributed by atoms with Gasteiger partial charge in [-0.25, -0.2) is 8.78 Å². The minimum absolute atomic E-state index is 0.237. The Bertz CT molecular complexity index is 1310. The zero-order valence-electron chi connectivity index (χ0n) is 19.3. The second-order valence-electron chi connectivity index (χ2n) is 8.23. The van der Waals surface area contributed by atoms with Crippen LogP contribution in [-0.4, -0.2) is 17.4 Å². The van der Waals surface area contributed by atoms with E-state index in [4.69, 9.17) is 0 Å². The number of aryl methyl sites for hydroxylation is 1. The standard InChI is InChI=1S/C27H28F2N2S/c1-8-20-15(2)26-24(25(18(5)29)22(17(4)28)14-31(26)32-7)16(3)23(20)21-11-9-10-19-12-13-30(6)27(19)21/h9-13H,4-5,8,14H2,1-3,6-7H3. The highest BCUT2D eigenvalue weighted by Crippen LogP contribution is 2.50. The highest BCUT2D eigenvalue weighted by Gasteiger charge is 2.33. The molecule has 0 atom stereocenters. The third kappa shape index (κ3) is 3.22. The summed E-state index contributed by atoms with van der Waals surface area (Å²) in [5, 5.41) is 1.15. The first-order chi connectivity index (χ1) is 15.2. The Morgan fingerprint density at radius 3 is 2.38 bits per heavy atom. The average molecular weight is 451 g/mol. The fraction of sp³-hybridized carbons (Fsp3) is 0.259. The molecule has 0 saturated heterocycles. The normalized spacial score (nSPS) is 13.7. The van der Waals surface area contributed by atoms with Gasteiger partial charge in [-0.2, -0.15) is 0 Å². The minimum Gasteiger partial charge on any atom is -0.350 e. The molecule has 1 aliphatic rings. The molecule has 32 heavy (non-hydrogen) atoms. The van der Waals surface area contributed by atoms with E-state index in [2.05, 4.69) is 62.0 Å². The first-order valence-corrected chi connectivity index (χ1v) is 11.9. The number of para-hydroxylation sites is 1. The van der Waals surface area contributed by atoms with Crippen LogP contribution in [0.15, 0.2) is 60.8 Å². The Morgan fingerprint density at radius 2 is 1.78 bits per heavy atom. The number of hydrogen-bond acceptors (Lipinski definition) is 2. The number of aromatic nitrogens is 1. The van der Waals surface area contributed by atoms with E-state index in [1.807, 2.05) is 24.5 Å². The lowest BCUT2D eigenvalue weighted by atomic mass is 9.80. The van der Waals surface area contributed by atoms with Crippen LogP contribution in [0, 0.1) is 13.8 Å². The summed E-state index contributed by atoms with van der Waals surface area (Å²) in [5.41, 5.74) is 8.70. The molecular weight excluding hydrogens is 422 g/mol. The number of anilines is 1. The van der Waals surface area contributed by atoms with Crippen LogP contribution in [-0.2, 0) is 13.5 Å². The maximum Gasteiger partial charge on any atom is 0.124 e. The molecule has 0 amide bonds. The van der Waals surface area contributed by atoms with E-state index >= 15 is 0 Å². The van der Waals surface area contributed by atoms with E-state index in [1.165, 1.54) is 17.5 Å². The Kier molecular flexibility index (Phi) is 5.80. The van der Waals surface area contributed by atoms with Crippen molar-refractivity contribution in [3.8, 4) is 11.1 Å². The molecule has 4 rings (SSSR count). The summed E-state index contributed by atoms with van der Waals surface area (Å²) in [6.45, 7) is 13.6. The van der Waals surface area contributed by atoms with E-state index in [-0.39, 0.29) is 17.7 Å². The molecule has 2 nitrogen and oxygen atoms in total. The molecule has 5 heteroatoms. The van der Waals surface area contributed by atoms with Crippen LogP contribution in [0.5, 0.6) is 0 Å². The van der Waals surface area contributed by atoms with Crippen LogP contribution in [0.25, 0.3) is 27.6 Å². The highest BCUT2D eigenvalue weighted by atomic mass is 32.2. The molecule has 3 aromatic rings. The van der Waals surface area contributed by atoms with Crippen molar-refractivity contribution >= 4 is 34.1 Å². The van der Waals surface area contributed by atoms with Crippen molar-refractivity contribution in [2.24, 2.45) is 7.05 Å². The molecule has 0 unspecified atom stereocenters. The van der Waals surface area contributed by atoms with Gasteiger partial charge in [-0.15, -0.1) is 0 Å². The Labute approximate surface area is 193 Å². The van der Waals surface area contributed by atoms with Crippen molar-refractivity contribution in [3.63, 3.8) is 0 Å². The zero-order valence-corrected chi connectivity index (χ0v) is 20.1. The van der Waals surface area contributed by atoms with Gasteiger partial charge in [0.15, 0.2) is 0 Å². The van der Waals surface area contributed by atoms with Crippen LogP contribution >= 0.6 is 11.9 Å². The molecule has 0 saturated carbocycles. The molecular formula is C27H28F2N2S. The van der Waals surface area contributed by atoms with Crippen molar-refractivity contribution in [2.75, 3.05) is 17.1 Å². The topological polar surface area (TPSA) is 8.17 Å². The number of halogens is 2. The van der Waals surface area contributed by atoms with Gasteiger partial charge in [0.25, 0.3) is 0 Å². The molecule has 2 heterocycles. The Morgan fingerprint density at radius 1 is 1.06 bits per heavy atom. The minimum atomic E-state index is -0.629. The monoisotopic (exact) mass is 450 g/mol.